The van der Waals surface area contributed by atoms with E-state index in [1.165, 1.54) is 38.3 Å². The lowest BCUT2D eigenvalue weighted by molar-refractivity contribution is 0.0601. The van der Waals surface area contributed by atoms with Crippen LogP contribution in [0.25, 0.3) is 0 Å². The molecule has 7 nitrogen and oxygen atoms in total. The molecular formula is C12H12N2O5S2. The minimum atomic E-state index is -3.84. The fourth-order valence-electron chi connectivity index (χ4n) is 1.64. The van der Waals surface area contributed by atoms with E-state index in [9.17, 15) is 18.0 Å². The lowest BCUT2D eigenvalue weighted by atomic mass is 10.2. The molecule has 2 aromatic rings. The van der Waals surface area contributed by atoms with Crippen molar-refractivity contribution in [2.75, 3.05) is 11.8 Å². The van der Waals surface area contributed by atoms with Gasteiger partial charge in [-0.3, -0.25) is 9.52 Å². The summed E-state index contributed by atoms with van der Waals surface area (Å²) in [5.41, 5.74) is 0.870. The number of anilines is 1. The van der Waals surface area contributed by atoms with E-state index in [1.807, 2.05) is 0 Å². The summed E-state index contributed by atoms with van der Waals surface area (Å²) >= 11 is 0.617. The van der Waals surface area contributed by atoms with Gasteiger partial charge in [-0.15, -0.1) is 0 Å². The van der Waals surface area contributed by atoms with E-state index >= 15 is 0 Å². The third kappa shape index (κ3) is 3.31. The number of aryl methyl sites for hydroxylation is 1. The van der Waals surface area contributed by atoms with Crippen molar-refractivity contribution in [2.24, 2.45) is 0 Å². The molecule has 112 valence electrons. The van der Waals surface area contributed by atoms with E-state index in [1.54, 1.807) is 0 Å². The number of nitrogens with one attached hydrogen (secondary N) is 2. The smallest absolute Gasteiger partial charge is 0.337 e. The number of thiazole rings is 1. The molecule has 0 saturated carbocycles. The zero-order valence-electron chi connectivity index (χ0n) is 11.2. The van der Waals surface area contributed by atoms with Gasteiger partial charge in [0.15, 0.2) is 4.21 Å². The van der Waals surface area contributed by atoms with E-state index in [4.69, 9.17) is 0 Å². The number of hydrogen-bond acceptors (Lipinski definition) is 6. The Morgan fingerprint density at radius 1 is 1.29 bits per heavy atom. The van der Waals surface area contributed by atoms with Crippen LogP contribution in [0.15, 0.2) is 33.3 Å². The van der Waals surface area contributed by atoms with E-state index in [2.05, 4.69) is 14.4 Å². The first kappa shape index (κ1) is 15.3. The highest BCUT2D eigenvalue weighted by Crippen LogP contribution is 2.20. The van der Waals surface area contributed by atoms with Gasteiger partial charge in [-0.05, 0) is 31.2 Å². The van der Waals surface area contributed by atoms with Crippen molar-refractivity contribution in [1.29, 1.82) is 0 Å². The van der Waals surface area contributed by atoms with Crippen molar-refractivity contribution in [3.63, 3.8) is 0 Å². The van der Waals surface area contributed by atoms with Gasteiger partial charge in [0.25, 0.3) is 10.0 Å². The maximum Gasteiger partial charge on any atom is 0.337 e. The Labute approximate surface area is 124 Å². The number of aromatic nitrogens is 1. The summed E-state index contributed by atoms with van der Waals surface area (Å²) < 4.78 is 31.1. The number of H-pyrrole nitrogens is 1. The van der Waals surface area contributed by atoms with Crippen LogP contribution in [-0.2, 0) is 14.8 Å². The topological polar surface area (TPSA) is 105 Å². The first-order valence-corrected chi connectivity index (χ1v) is 8.04. The molecule has 0 fully saturated rings. The fraction of sp³-hybridized carbons (Fsp3) is 0.167. The predicted octanol–water partition coefficient (Wildman–Crippen LogP) is 1.33. The number of benzene rings is 1. The van der Waals surface area contributed by atoms with Crippen LogP contribution in [0.3, 0.4) is 0 Å². The van der Waals surface area contributed by atoms with Crippen LogP contribution in [0, 0.1) is 6.92 Å². The van der Waals surface area contributed by atoms with Crippen molar-refractivity contribution in [2.45, 2.75) is 11.1 Å². The van der Waals surface area contributed by atoms with Crippen LogP contribution < -0.4 is 9.60 Å². The van der Waals surface area contributed by atoms with Gasteiger partial charge < -0.3 is 9.72 Å². The van der Waals surface area contributed by atoms with Gasteiger partial charge in [-0.2, -0.15) is 0 Å². The third-order valence-corrected chi connectivity index (χ3v) is 5.57. The minimum absolute atomic E-state index is 0.0652. The molecule has 0 unspecified atom stereocenters. The van der Waals surface area contributed by atoms with Gasteiger partial charge in [0, 0.05) is 11.4 Å². The number of methoxy groups -OCH3 is 1. The molecular weight excluding hydrogens is 316 g/mol. The molecule has 0 atom stereocenters. The maximum absolute atomic E-state index is 12.2. The van der Waals surface area contributed by atoms with Crippen molar-refractivity contribution >= 4 is 33.0 Å². The Balaban J connectivity index is 2.27. The molecule has 0 bridgehead atoms. The van der Waals surface area contributed by atoms with Crippen molar-refractivity contribution < 1.29 is 17.9 Å². The average Bonchev–Trinajstić information content (AvgIpc) is 2.78. The van der Waals surface area contributed by atoms with E-state index in [0.717, 1.165) is 0 Å². The van der Waals surface area contributed by atoms with Gasteiger partial charge in [-0.1, -0.05) is 11.3 Å². The Morgan fingerprint density at radius 2 is 1.90 bits per heavy atom. The summed E-state index contributed by atoms with van der Waals surface area (Å²) in [4.78, 5) is 24.4. The molecule has 21 heavy (non-hydrogen) atoms. The SMILES string of the molecule is COC(=O)c1ccc(NS(=O)(=O)c2sc(=O)[nH]c2C)cc1. The molecule has 2 N–H and O–H groups in total. The van der Waals surface area contributed by atoms with Gasteiger partial charge in [0.2, 0.25) is 0 Å². The van der Waals surface area contributed by atoms with Crippen LogP contribution in [0.2, 0.25) is 0 Å². The van der Waals surface area contributed by atoms with Crippen molar-refractivity contribution in [3.05, 3.63) is 45.2 Å². The molecule has 0 saturated heterocycles. The van der Waals surface area contributed by atoms with Crippen LogP contribution in [0.5, 0.6) is 0 Å². The number of aromatic amines is 1. The van der Waals surface area contributed by atoms with Gasteiger partial charge >= 0.3 is 10.8 Å². The number of hydrogen-bond donors (Lipinski definition) is 2. The number of carbonyl (C=O) groups excluding carboxylic acids is 1. The molecule has 0 aliphatic heterocycles. The minimum Gasteiger partial charge on any atom is -0.465 e. The Bertz CT molecular complexity index is 818. The number of ether oxygens (including phenoxy) is 1. The summed E-state index contributed by atoms with van der Waals surface area (Å²) in [6.45, 7) is 1.51. The molecule has 1 aromatic heterocycles. The normalized spacial score (nSPS) is 11.1. The summed E-state index contributed by atoms with van der Waals surface area (Å²) in [6.07, 6.45) is 0. The molecule has 0 radical (unpaired) electrons. The average molecular weight is 328 g/mol. The highest BCUT2D eigenvalue weighted by Gasteiger charge is 2.20. The number of esters is 1. The first-order valence-electron chi connectivity index (χ1n) is 5.74. The number of carbonyl (C=O) groups is 1. The van der Waals surface area contributed by atoms with E-state index in [0.29, 0.717) is 16.9 Å². The fourth-order valence-corrected chi connectivity index (χ4v) is 4.00. The number of rotatable bonds is 4. The molecule has 1 heterocycles. The van der Waals surface area contributed by atoms with Crippen LogP contribution in [-0.4, -0.2) is 26.5 Å². The van der Waals surface area contributed by atoms with Crippen molar-refractivity contribution in [3.8, 4) is 0 Å². The monoisotopic (exact) mass is 328 g/mol. The van der Waals surface area contributed by atoms with Crippen LogP contribution in [0.4, 0.5) is 5.69 Å². The van der Waals surface area contributed by atoms with E-state index < -0.39 is 20.9 Å². The Kier molecular flexibility index (Phi) is 4.14. The zero-order valence-corrected chi connectivity index (χ0v) is 12.8. The Morgan fingerprint density at radius 3 is 2.38 bits per heavy atom. The van der Waals surface area contributed by atoms with Crippen LogP contribution >= 0.6 is 11.3 Å². The molecule has 0 aliphatic carbocycles. The molecule has 0 spiro atoms. The summed E-state index contributed by atoms with van der Waals surface area (Å²) in [7, 11) is -2.58. The summed E-state index contributed by atoms with van der Waals surface area (Å²) in [5.74, 6) is -0.510. The largest absolute Gasteiger partial charge is 0.465 e. The van der Waals surface area contributed by atoms with Gasteiger partial charge in [0.1, 0.15) is 0 Å². The second-order valence-electron chi connectivity index (χ2n) is 4.10. The molecule has 0 amide bonds. The van der Waals surface area contributed by atoms with Gasteiger partial charge in [-0.25, -0.2) is 13.2 Å². The standard InChI is InChI=1S/C12H12N2O5S2/c1-7-11(20-12(16)13-7)21(17,18)14-9-5-3-8(4-6-9)10(15)19-2/h3-6,14H,1-2H3,(H,13,16). The maximum atomic E-state index is 12.2. The zero-order chi connectivity index (χ0) is 15.6. The second-order valence-corrected chi connectivity index (χ2v) is 6.96. The first-order chi connectivity index (χ1) is 9.83. The lowest BCUT2D eigenvalue weighted by Gasteiger charge is -2.07. The molecule has 1 aromatic carbocycles. The van der Waals surface area contributed by atoms with E-state index in [-0.39, 0.29) is 15.6 Å². The molecule has 0 aliphatic rings. The second kappa shape index (κ2) is 5.70. The number of sulfonamides is 1. The molecule has 9 heteroatoms. The van der Waals surface area contributed by atoms with Gasteiger partial charge in [0.05, 0.1) is 12.7 Å². The highest BCUT2D eigenvalue weighted by molar-refractivity contribution is 7.94. The summed E-state index contributed by atoms with van der Waals surface area (Å²) in [5, 5.41) is 0. The van der Waals surface area contributed by atoms with Crippen molar-refractivity contribution in [1.82, 2.24) is 4.98 Å². The quantitative estimate of drug-likeness (QED) is 0.824. The molecule has 2 rings (SSSR count). The van der Waals surface area contributed by atoms with Crippen LogP contribution in [0.1, 0.15) is 16.1 Å². The third-order valence-electron chi connectivity index (χ3n) is 2.58. The Hall–Kier alpha value is -2.13. The highest BCUT2D eigenvalue weighted by atomic mass is 32.2. The predicted molar refractivity (Wildman–Crippen MR) is 78.3 cm³/mol. The summed E-state index contributed by atoms with van der Waals surface area (Å²) in [6, 6.07) is 5.76. The lowest BCUT2D eigenvalue weighted by Crippen LogP contribution is -2.13.